The van der Waals surface area contributed by atoms with E-state index in [1.165, 1.54) is 22.3 Å². The minimum atomic E-state index is -1.50. The molecule has 0 bridgehead atoms. The number of benzene rings is 2. The standard InChI is InChI=1S/C33H43N3.C6H14NSi.Ir/c1-20(2)26-14-11-15-27(21(3)4)32(26)34-24(9)30-18-13-19-31(36-30)25(10)35-33-28(22(5)6)16-12-17-29(33)23(7)8;1-4-5-6-8(2,3)7;/h11-23H,1-10H3;4,7H,1,5-6H2,2-3H3;/q;-1;. The molecule has 0 spiro atoms. The number of para-hydroxylation sites is 2. The molecule has 0 saturated heterocycles. The van der Waals surface area contributed by atoms with Gasteiger partial charge in [-0.25, -0.2) is 4.98 Å². The minimum Gasteiger partial charge on any atom is -0.680 e. The third-order valence-corrected chi connectivity index (χ3v) is 9.25. The molecule has 0 aliphatic rings. The Hall–Kier alpha value is -2.50. The van der Waals surface area contributed by atoms with Gasteiger partial charge in [0.15, 0.2) is 0 Å². The molecule has 0 aliphatic heterocycles. The van der Waals surface area contributed by atoms with Crippen molar-refractivity contribution in [2.45, 2.75) is 118 Å². The van der Waals surface area contributed by atoms with E-state index in [9.17, 15) is 0 Å². The molecule has 4 nitrogen and oxygen atoms in total. The van der Waals surface area contributed by atoms with Crippen molar-refractivity contribution in [1.29, 1.82) is 0 Å². The second-order valence-electron chi connectivity index (χ2n) is 13.7. The summed E-state index contributed by atoms with van der Waals surface area (Å²) in [6, 6.07) is 20.3. The van der Waals surface area contributed by atoms with Gasteiger partial charge in [0.2, 0.25) is 0 Å². The molecule has 6 heteroatoms. The van der Waals surface area contributed by atoms with Crippen LogP contribution in [0.3, 0.4) is 0 Å². The van der Waals surface area contributed by atoms with Crippen LogP contribution in [0, 0.1) is 0 Å². The molecule has 0 saturated carbocycles. The Kier molecular flexibility index (Phi) is 16.7. The van der Waals surface area contributed by atoms with Crippen LogP contribution >= 0.6 is 0 Å². The van der Waals surface area contributed by atoms with Crippen LogP contribution in [-0.4, -0.2) is 24.6 Å². The Morgan fingerprint density at radius 1 is 0.689 bits per heavy atom. The van der Waals surface area contributed by atoms with Crippen molar-refractivity contribution < 1.29 is 20.1 Å². The monoisotopic (exact) mass is 802 g/mol. The van der Waals surface area contributed by atoms with Gasteiger partial charge in [-0.1, -0.05) is 131 Å². The second-order valence-corrected chi connectivity index (χ2v) is 18.0. The molecular formula is C39H57IrN4Si-. The molecule has 3 aromatic rings. The Bertz CT molecular complexity index is 1300. The summed E-state index contributed by atoms with van der Waals surface area (Å²) in [5, 5.41) is 7.53. The molecule has 1 aromatic heterocycles. The van der Waals surface area contributed by atoms with Crippen LogP contribution in [0.2, 0.25) is 19.1 Å². The zero-order valence-corrected chi connectivity index (χ0v) is 33.3. The zero-order valence-electron chi connectivity index (χ0n) is 29.9. The van der Waals surface area contributed by atoms with Crippen molar-refractivity contribution in [3.8, 4) is 0 Å². The molecule has 0 amide bonds. The predicted molar refractivity (Wildman–Crippen MR) is 199 cm³/mol. The molecule has 0 fully saturated rings. The van der Waals surface area contributed by atoms with E-state index in [1.54, 1.807) is 0 Å². The maximum atomic E-state index is 7.53. The summed E-state index contributed by atoms with van der Waals surface area (Å²) in [4.78, 5) is 15.3. The summed E-state index contributed by atoms with van der Waals surface area (Å²) in [7, 11) is -1.50. The smallest absolute Gasteiger partial charge is 0.0849 e. The molecule has 3 rings (SSSR count). The largest absolute Gasteiger partial charge is 0.680 e. The molecule has 0 atom stereocenters. The fourth-order valence-corrected chi connectivity index (χ4v) is 5.96. The first kappa shape index (κ1) is 40.5. The second kappa shape index (κ2) is 18.6. The maximum absolute atomic E-state index is 7.53. The van der Waals surface area contributed by atoms with Crippen molar-refractivity contribution in [3.05, 3.63) is 106 Å². The van der Waals surface area contributed by atoms with Crippen molar-refractivity contribution in [1.82, 2.24) is 4.98 Å². The van der Waals surface area contributed by atoms with Crippen LogP contribution in [0.25, 0.3) is 5.40 Å². The fourth-order valence-electron chi connectivity index (χ4n) is 5.03. The van der Waals surface area contributed by atoms with Crippen molar-refractivity contribution in [3.63, 3.8) is 0 Å². The van der Waals surface area contributed by atoms with Crippen molar-refractivity contribution >= 4 is 31.0 Å². The van der Waals surface area contributed by atoms with Gasteiger partial charge in [0.05, 0.1) is 34.2 Å². The van der Waals surface area contributed by atoms with Gasteiger partial charge in [-0.05, 0) is 78.3 Å². The first-order valence-electron chi connectivity index (χ1n) is 16.3. The fraction of sp³-hybridized carbons (Fsp3) is 0.462. The Morgan fingerprint density at radius 3 is 1.24 bits per heavy atom. The van der Waals surface area contributed by atoms with Gasteiger partial charge in [-0.3, -0.25) is 9.98 Å². The molecule has 1 radical (unpaired) electrons. The Morgan fingerprint density at radius 2 is 1.00 bits per heavy atom. The molecule has 0 aliphatic carbocycles. The average molecular weight is 802 g/mol. The number of nitrogens with zero attached hydrogens (tertiary/aromatic N) is 3. The van der Waals surface area contributed by atoms with Crippen LogP contribution in [-0.2, 0) is 20.1 Å². The summed E-state index contributed by atoms with van der Waals surface area (Å²) >= 11 is 0. The number of allylic oxidation sites excluding steroid dienone is 1. The van der Waals surface area contributed by atoms with E-state index in [2.05, 4.69) is 131 Å². The summed E-state index contributed by atoms with van der Waals surface area (Å²) in [5.41, 5.74) is 10.9. The van der Waals surface area contributed by atoms with E-state index < -0.39 is 8.24 Å². The van der Waals surface area contributed by atoms with E-state index in [1.807, 2.05) is 18.2 Å². The van der Waals surface area contributed by atoms with Gasteiger partial charge in [-0.15, -0.1) is 6.58 Å². The van der Waals surface area contributed by atoms with E-state index >= 15 is 0 Å². The molecule has 0 unspecified atom stereocenters. The predicted octanol–water partition coefficient (Wildman–Crippen LogP) is 12.7. The van der Waals surface area contributed by atoms with Gasteiger partial charge >= 0.3 is 0 Å². The van der Waals surface area contributed by atoms with Crippen molar-refractivity contribution in [2.24, 2.45) is 9.98 Å². The summed E-state index contributed by atoms with van der Waals surface area (Å²) in [5.74, 6) is 1.61. The van der Waals surface area contributed by atoms with Crippen LogP contribution in [0.4, 0.5) is 11.4 Å². The number of hydrogen-bond donors (Lipinski definition) is 0. The Balaban J connectivity index is 0.000000993. The summed E-state index contributed by atoms with van der Waals surface area (Å²) in [6.07, 6.45) is 2.91. The van der Waals surface area contributed by atoms with Gasteiger partial charge in [0.1, 0.15) is 0 Å². The normalized spacial score (nSPS) is 12.4. The van der Waals surface area contributed by atoms with Crippen LogP contribution in [0.15, 0.2) is 77.2 Å². The topological polar surface area (TPSA) is 61.4 Å². The summed E-state index contributed by atoms with van der Waals surface area (Å²) in [6.45, 7) is 29.7. The molecule has 1 heterocycles. The number of hydrogen-bond acceptors (Lipinski definition) is 3. The Labute approximate surface area is 289 Å². The molecule has 1 N–H and O–H groups in total. The van der Waals surface area contributed by atoms with Crippen LogP contribution in [0.5, 0.6) is 0 Å². The van der Waals surface area contributed by atoms with Gasteiger partial charge in [-0.2, -0.15) is 0 Å². The molecular weight excluding hydrogens is 745 g/mol. The molecule has 2 aromatic carbocycles. The SMILES string of the molecule is C=CCC[Si](C)(C)[NH-].CC(=Nc1c(C(C)C)cccc1C(C)C)c1cccc(C(C)=Nc2c(C(C)C)cccc2C(C)C)n1.[Ir]. The first-order valence-corrected chi connectivity index (χ1v) is 19.5. The number of pyridine rings is 1. The minimum absolute atomic E-state index is 0. The maximum Gasteiger partial charge on any atom is 0.0849 e. The number of aromatic nitrogens is 1. The first-order chi connectivity index (χ1) is 20.6. The van der Waals surface area contributed by atoms with Crippen LogP contribution < -0.4 is 0 Å². The third-order valence-electron chi connectivity index (χ3n) is 7.71. The van der Waals surface area contributed by atoms with Gasteiger partial charge < -0.3 is 5.40 Å². The number of nitrogens with one attached hydrogen (secondary N) is 1. The third kappa shape index (κ3) is 12.3. The van der Waals surface area contributed by atoms with Gasteiger partial charge in [0, 0.05) is 20.1 Å². The van der Waals surface area contributed by atoms with E-state index in [4.69, 9.17) is 20.4 Å². The zero-order chi connectivity index (χ0) is 33.2. The van der Waals surface area contributed by atoms with E-state index in [0.717, 1.165) is 46.7 Å². The summed E-state index contributed by atoms with van der Waals surface area (Å²) < 4.78 is 0. The van der Waals surface area contributed by atoms with Crippen molar-refractivity contribution in [2.75, 3.05) is 0 Å². The molecule has 45 heavy (non-hydrogen) atoms. The average Bonchev–Trinajstić information content (AvgIpc) is 2.95. The van der Waals surface area contributed by atoms with Crippen LogP contribution in [0.1, 0.15) is 133 Å². The number of rotatable bonds is 11. The van der Waals surface area contributed by atoms with Gasteiger partial charge in [0.25, 0.3) is 0 Å². The van der Waals surface area contributed by atoms with E-state index in [-0.39, 0.29) is 20.1 Å². The number of aliphatic imine (C=N–C) groups is 2. The molecule has 247 valence electrons. The quantitative estimate of drug-likeness (QED) is 0.108. The van der Waals surface area contributed by atoms with E-state index in [0.29, 0.717) is 23.7 Å².